The molecule has 0 atom stereocenters. The summed E-state index contributed by atoms with van der Waals surface area (Å²) in [6.45, 7) is 0. The maximum atomic E-state index is 2.53. The van der Waals surface area contributed by atoms with Crippen molar-refractivity contribution in [2.24, 2.45) is 0 Å². The number of hydrogen-bond acceptors (Lipinski definition) is 0. The monoisotopic (exact) mass is 879 g/mol. The Kier molecular flexibility index (Phi) is 7.70. The molecule has 0 aliphatic carbocycles. The summed E-state index contributed by atoms with van der Waals surface area (Å²) in [7, 11) is 0. The van der Waals surface area contributed by atoms with E-state index < -0.39 is 0 Å². The normalized spacial score (nSPS) is 12.1. The standard InChI is InChI=1S/C60H37N3Se/c1-2-15-38(16-3-1)39-17-12-18-40(35-39)43-23-13-29-57-59(43)60-56(28-14-30-58(60)64-57)63-53-27-11-7-22-47(53)49-37-42(32-34-55(49)63)62-52-26-10-6-21-46(52)48-36-41(31-33-54(48)62)61-50-24-8-4-19-44(50)45-20-5-9-25-51(45)61/h1-37H. The molecule has 0 unspecified atom stereocenters. The van der Waals surface area contributed by atoms with Gasteiger partial charge in [-0.05, 0) is 12.1 Å². The molecule has 0 radical (unpaired) electrons. The molecule has 0 spiro atoms. The van der Waals surface area contributed by atoms with Gasteiger partial charge in [0.15, 0.2) is 0 Å². The predicted octanol–water partition coefficient (Wildman–Crippen LogP) is 15.7. The van der Waals surface area contributed by atoms with Gasteiger partial charge >= 0.3 is 290 Å². The third-order valence-corrected chi connectivity index (χ3v) is 15.8. The molecule has 4 aromatic heterocycles. The minimum atomic E-state index is 0.192. The zero-order valence-electron chi connectivity index (χ0n) is 34.6. The molecule has 10 aromatic carbocycles. The van der Waals surface area contributed by atoms with Crippen LogP contribution in [0.3, 0.4) is 0 Å². The summed E-state index contributed by atoms with van der Waals surface area (Å²) in [6, 6.07) is 83.1. The van der Waals surface area contributed by atoms with Gasteiger partial charge in [0.2, 0.25) is 0 Å². The second kappa shape index (κ2) is 13.8. The topological polar surface area (TPSA) is 14.8 Å². The second-order valence-electron chi connectivity index (χ2n) is 16.9. The first-order valence-corrected chi connectivity index (χ1v) is 23.6. The molecular weight excluding hydrogens is 842 g/mol. The summed E-state index contributed by atoms with van der Waals surface area (Å²) in [4.78, 5) is 0. The summed E-state index contributed by atoms with van der Waals surface area (Å²) in [5.41, 5.74) is 15.8. The van der Waals surface area contributed by atoms with Gasteiger partial charge in [-0.3, -0.25) is 0 Å². The molecule has 3 nitrogen and oxygen atoms in total. The molecular formula is C60H37N3Se. The van der Waals surface area contributed by atoms with Crippen LogP contribution in [0.4, 0.5) is 0 Å². The van der Waals surface area contributed by atoms with Crippen LogP contribution in [0.25, 0.3) is 124 Å². The first-order chi connectivity index (χ1) is 31.8. The summed E-state index contributed by atoms with van der Waals surface area (Å²) in [5, 5.41) is 10.2. The Morgan fingerprint density at radius 3 is 1.31 bits per heavy atom. The summed E-state index contributed by atoms with van der Waals surface area (Å²) in [5.74, 6) is 0. The van der Waals surface area contributed by atoms with Crippen LogP contribution in [0, 0.1) is 0 Å². The van der Waals surface area contributed by atoms with Crippen molar-refractivity contribution in [3.63, 3.8) is 0 Å². The number of hydrogen-bond donors (Lipinski definition) is 0. The Labute approximate surface area is 374 Å². The molecule has 0 N–H and O–H groups in total. The predicted molar refractivity (Wildman–Crippen MR) is 272 cm³/mol. The molecule has 64 heavy (non-hydrogen) atoms. The van der Waals surface area contributed by atoms with E-state index in [2.05, 4.69) is 238 Å². The van der Waals surface area contributed by atoms with Crippen molar-refractivity contribution < 1.29 is 0 Å². The van der Waals surface area contributed by atoms with Gasteiger partial charge < -0.3 is 4.57 Å². The number of rotatable bonds is 5. The summed E-state index contributed by atoms with van der Waals surface area (Å²) < 4.78 is 10.3. The fourth-order valence-corrected chi connectivity index (χ4v) is 13.1. The van der Waals surface area contributed by atoms with E-state index >= 15 is 0 Å². The SMILES string of the molecule is c1ccc(-c2cccc(-c3cccc4[se]c5cccc(-n6c7ccccc7c7cc(-n8c9ccccc9c9cc(-n%10c%11ccccc%11c%11ccccc%11%10)ccc98)ccc76)c5c34)c2)cc1. The van der Waals surface area contributed by atoms with E-state index in [1.807, 2.05) is 0 Å². The van der Waals surface area contributed by atoms with Crippen molar-refractivity contribution in [3.8, 4) is 39.3 Å². The van der Waals surface area contributed by atoms with E-state index in [4.69, 9.17) is 0 Å². The zero-order valence-corrected chi connectivity index (χ0v) is 36.3. The molecule has 298 valence electrons. The molecule has 0 fully saturated rings. The van der Waals surface area contributed by atoms with E-state index in [9.17, 15) is 0 Å². The van der Waals surface area contributed by atoms with Crippen molar-refractivity contribution in [1.29, 1.82) is 0 Å². The fourth-order valence-electron chi connectivity index (χ4n) is 10.7. The Balaban J connectivity index is 0.974. The number of para-hydroxylation sites is 4. The van der Waals surface area contributed by atoms with E-state index in [-0.39, 0.29) is 14.5 Å². The van der Waals surface area contributed by atoms with Crippen LogP contribution >= 0.6 is 0 Å². The maximum absolute atomic E-state index is 2.53. The molecule has 0 bridgehead atoms. The molecule has 0 aliphatic rings. The Morgan fingerprint density at radius 2 is 0.703 bits per heavy atom. The van der Waals surface area contributed by atoms with Gasteiger partial charge in [0.1, 0.15) is 0 Å². The van der Waals surface area contributed by atoms with Gasteiger partial charge in [0.25, 0.3) is 0 Å². The Morgan fingerprint density at radius 1 is 0.266 bits per heavy atom. The Bertz CT molecular complexity index is 4140. The van der Waals surface area contributed by atoms with Gasteiger partial charge in [0.05, 0.1) is 11.0 Å². The molecule has 0 amide bonds. The van der Waals surface area contributed by atoms with Crippen LogP contribution in [0.15, 0.2) is 224 Å². The quantitative estimate of drug-likeness (QED) is 0.153. The van der Waals surface area contributed by atoms with E-state index in [0.717, 1.165) is 11.4 Å². The van der Waals surface area contributed by atoms with Crippen molar-refractivity contribution >= 4 is 99.2 Å². The van der Waals surface area contributed by atoms with E-state index in [1.54, 1.807) is 0 Å². The van der Waals surface area contributed by atoms with E-state index in [0.29, 0.717) is 0 Å². The first-order valence-electron chi connectivity index (χ1n) is 21.9. The van der Waals surface area contributed by atoms with Crippen LogP contribution < -0.4 is 0 Å². The number of fused-ring (bicyclic) bond motifs is 12. The average Bonchev–Trinajstić information content (AvgIpc) is 4.10. The molecule has 14 aromatic rings. The van der Waals surface area contributed by atoms with Crippen LogP contribution in [-0.4, -0.2) is 28.2 Å². The van der Waals surface area contributed by atoms with Gasteiger partial charge in [-0.15, -0.1) is 0 Å². The van der Waals surface area contributed by atoms with Crippen molar-refractivity contribution in [2.45, 2.75) is 0 Å². The van der Waals surface area contributed by atoms with Crippen molar-refractivity contribution in [2.75, 3.05) is 0 Å². The van der Waals surface area contributed by atoms with Gasteiger partial charge in [-0.25, -0.2) is 0 Å². The second-order valence-corrected chi connectivity index (χ2v) is 19.1. The number of aromatic nitrogens is 3. The van der Waals surface area contributed by atoms with Crippen LogP contribution in [0.1, 0.15) is 0 Å². The van der Waals surface area contributed by atoms with Crippen molar-refractivity contribution in [1.82, 2.24) is 13.7 Å². The molecule has 0 saturated carbocycles. The fraction of sp³-hybridized carbons (Fsp3) is 0. The average molecular weight is 879 g/mol. The minimum absolute atomic E-state index is 0.192. The Hall–Kier alpha value is -7.88. The molecule has 0 aliphatic heterocycles. The third kappa shape index (κ3) is 5.15. The third-order valence-electron chi connectivity index (χ3n) is 13.4. The van der Waals surface area contributed by atoms with E-state index in [1.165, 1.54) is 113 Å². The summed E-state index contributed by atoms with van der Waals surface area (Å²) in [6.07, 6.45) is 0. The molecule has 4 heteroatoms. The van der Waals surface area contributed by atoms with Crippen molar-refractivity contribution in [3.05, 3.63) is 224 Å². The van der Waals surface area contributed by atoms with Crippen LogP contribution in [0.2, 0.25) is 0 Å². The van der Waals surface area contributed by atoms with Gasteiger partial charge in [-0.2, -0.15) is 0 Å². The number of benzene rings is 10. The van der Waals surface area contributed by atoms with Crippen LogP contribution in [-0.2, 0) is 0 Å². The number of nitrogens with zero attached hydrogens (tertiary/aromatic N) is 3. The molecule has 4 heterocycles. The molecule has 14 rings (SSSR count). The first kappa shape index (κ1) is 35.7. The van der Waals surface area contributed by atoms with Gasteiger partial charge in [0, 0.05) is 16.5 Å². The summed E-state index contributed by atoms with van der Waals surface area (Å²) >= 11 is 0.192. The molecule has 0 saturated heterocycles. The van der Waals surface area contributed by atoms with Crippen LogP contribution in [0.5, 0.6) is 0 Å². The van der Waals surface area contributed by atoms with Gasteiger partial charge in [-0.1, -0.05) is 42.5 Å². The zero-order chi connectivity index (χ0) is 41.9.